The fraction of sp³-hybridized carbons (Fsp3) is 1.00. The van der Waals surface area contributed by atoms with Crippen molar-refractivity contribution in [2.24, 2.45) is 0 Å². The van der Waals surface area contributed by atoms with Gasteiger partial charge in [0.05, 0.1) is 0 Å². The third-order valence-corrected chi connectivity index (χ3v) is 1.88. The molecule has 3 heteroatoms. The van der Waals surface area contributed by atoms with Gasteiger partial charge in [-0.05, 0) is 46.8 Å². The summed E-state index contributed by atoms with van der Waals surface area (Å²) in [5, 5.41) is 15.4. The van der Waals surface area contributed by atoms with E-state index in [1.54, 1.807) is 14.0 Å². The fourth-order valence-electron chi connectivity index (χ4n) is 0.896. The summed E-state index contributed by atoms with van der Waals surface area (Å²) in [5.74, 6) is 0. The average Bonchev–Trinajstić information content (AvgIpc) is 1.99. The van der Waals surface area contributed by atoms with Crippen LogP contribution in [0, 0.1) is 0 Å². The van der Waals surface area contributed by atoms with Crippen LogP contribution in [0.4, 0.5) is 0 Å². The maximum Gasteiger partial charge on any atom is 0.112 e. The fourth-order valence-corrected chi connectivity index (χ4v) is 0.896. The Morgan fingerprint density at radius 2 is 1.91 bits per heavy atom. The Kier molecular flexibility index (Phi) is 5.46. The molecule has 68 valence electrons. The van der Waals surface area contributed by atoms with Gasteiger partial charge < -0.3 is 10.4 Å². The summed E-state index contributed by atoms with van der Waals surface area (Å²) < 4.78 is 0. The molecule has 3 N–H and O–H groups in total. The smallest absolute Gasteiger partial charge is 0.112 e. The number of aliphatic hydroxyl groups is 1. The number of hydrogen-bond donors (Lipinski definition) is 3. The van der Waals surface area contributed by atoms with Crippen molar-refractivity contribution in [3.63, 3.8) is 0 Å². The van der Waals surface area contributed by atoms with Gasteiger partial charge in [-0.3, -0.25) is 5.32 Å². The van der Waals surface area contributed by atoms with Gasteiger partial charge in [0, 0.05) is 0 Å². The summed E-state index contributed by atoms with van der Waals surface area (Å²) in [7, 11) is 3.72. The van der Waals surface area contributed by atoms with Crippen LogP contribution in [-0.4, -0.2) is 31.5 Å². The van der Waals surface area contributed by atoms with Crippen molar-refractivity contribution in [3.8, 4) is 0 Å². The normalized spacial score (nSPS) is 16.4. The van der Waals surface area contributed by atoms with E-state index in [0.29, 0.717) is 0 Å². The minimum Gasteiger partial charge on any atom is -0.376 e. The molecule has 0 rings (SSSR count). The molecule has 0 spiro atoms. The molecular formula is C8H20N2O. The zero-order chi connectivity index (χ0) is 8.74. The first-order chi connectivity index (χ1) is 5.12. The highest BCUT2D eigenvalue weighted by Crippen LogP contribution is 2.08. The monoisotopic (exact) mass is 160 g/mol. The van der Waals surface area contributed by atoms with Crippen LogP contribution in [0.2, 0.25) is 0 Å². The highest BCUT2D eigenvalue weighted by molar-refractivity contribution is 4.66. The van der Waals surface area contributed by atoms with E-state index in [0.717, 1.165) is 25.8 Å². The first-order valence-corrected chi connectivity index (χ1v) is 4.18. The quantitative estimate of drug-likeness (QED) is 0.387. The summed E-state index contributed by atoms with van der Waals surface area (Å²) in [5.41, 5.74) is -0.687. The van der Waals surface area contributed by atoms with Crippen molar-refractivity contribution in [3.05, 3.63) is 0 Å². The second kappa shape index (κ2) is 5.52. The lowest BCUT2D eigenvalue weighted by molar-refractivity contribution is 0.0212. The predicted octanol–water partition coefficient (Wildman–Crippen LogP) is 0.304. The van der Waals surface area contributed by atoms with E-state index in [4.69, 9.17) is 0 Å². The van der Waals surface area contributed by atoms with Crippen molar-refractivity contribution >= 4 is 0 Å². The summed E-state index contributed by atoms with van der Waals surface area (Å²) in [6.07, 6.45) is 2.98. The van der Waals surface area contributed by atoms with Crippen LogP contribution >= 0.6 is 0 Å². The predicted molar refractivity (Wildman–Crippen MR) is 47.5 cm³/mol. The van der Waals surface area contributed by atoms with Crippen LogP contribution < -0.4 is 10.6 Å². The van der Waals surface area contributed by atoms with Crippen molar-refractivity contribution in [1.29, 1.82) is 0 Å². The van der Waals surface area contributed by atoms with E-state index < -0.39 is 5.72 Å². The Balaban J connectivity index is 3.23. The van der Waals surface area contributed by atoms with Crippen molar-refractivity contribution in [2.45, 2.75) is 31.9 Å². The van der Waals surface area contributed by atoms with E-state index in [1.165, 1.54) is 0 Å². The van der Waals surface area contributed by atoms with E-state index in [1.807, 2.05) is 7.05 Å². The number of hydrogen-bond acceptors (Lipinski definition) is 3. The van der Waals surface area contributed by atoms with E-state index in [-0.39, 0.29) is 0 Å². The second-order valence-corrected chi connectivity index (χ2v) is 3.08. The Morgan fingerprint density at radius 1 is 1.27 bits per heavy atom. The van der Waals surface area contributed by atoms with Crippen LogP contribution in [0.5, 0.6) is 0 Å². The van der Waals surface area contributed by atoms with Gasteiger partial charge in [0.15, 0.2) is 0 Å². The molecule has 0 aliphatic heterocycles. The first-order valence-electron chi connectivity index (χ1n) is 4.18. The van der Waals surface area contributed by atoms with Gasteiger partial charge in [0.2, 0.25) is 0 Å². The zero-order valence-electron chi connectivity index (χ0n) is 7.78. The minimum absolute atomic E-state index is 0.687. The lowest BCUT2D eigenvalue weighted by atomic mass is 10.1. The molecule has 0 aromatic carbocycles. The van der Waals surface area contributed by atoms with Crippen LogP contribution in [0.3, 0.4) is 0 Å². The van der Waals surface area contributed by atoms with Crippen LogP contribution in [0.25, 0.3) is 0 Å². The van der Waals surface area contributed by atoms with Gasteiger partial charge in [-0.1, -0.05) is 0 Å². The molecule has 0 radical (unpaired) electrons. The molecule has 0 heterocycles. The molecule has 0 saturated heterocycles. The molecule has 0 aliphatic carbocycles. The molecule has 0 saturated carbocycles. The van der Waals surface area contributed by atoms with Gasteiger partial charge in [0.25, 0.3) is 0 Å². The molecule has 0 aromatic rings. The van der Waals surface area contributed by atoms with Gasteiger partial charge in [0.1, 0.15) is 5.72 Å². The number of unbranched alkanes of at least 4 members (excludes halogenated alkanes) is 1. The van der Waals surface area contributed by atoms with E-state index >= 15 is 0 Å². The van der Waals surface area contributed by atoms with Gasteiger partial charge >= 0.3 is 0 Å². The first kappa shape index (κ1) is 10.9. The Bertz CT molecular complexity index is 94.1. The molecule has 1 unspecified atom stereocenters. The minimum atomic E-state index is -0.687. The summed E-state index contributed by atoms with van der Waals surface area (Å²) in [4.78, 5) is 0. The van der Waals surface area contributed by atoms with Gasteiger partial charge in [-0.2, -0.15) is 0 Å². The summed E-state index contributed by atoms with van der Waals surface area (Å²) in [6.45, 7) is 2.83. The molecule has 0 aromatic heterocycles. The molecule has 11 heavy (non-hydrogen) atoms. The number of rotatable bonds is 6. The van der Waals surface area contributed by atoms with Crippen LogP contribution in [-0.2, 0) is 0 Å². The molecule has 1 atom stereocenters. The topological polar surface area (TPSA) is 44.3 Å². The highest BCUT2D eigenvalue weighted by atomic mass is 16.3. The summed E-state index contributed by atoms with van der Waals surface area (Å²) >= 11 is 0. The second-order valence-electron chi connectivity index (χ2n) is 3.08. The lowest BCUT2D eigenvalue weighted by Crippen LogP contribution is -2.39. The van der Waals surface area contributed by atoms with Crippen molar-refractivity contribution in [1.82, 2.24) is 10.6 Å². The summed E-state index contributed by atoms with van der Waals surface area (Å²) in [6, 6.07) is 0. The molecule has 0 aliphatic rings. The maximum atomic E-state index is 9.49. The third-order valence-electron chi connectivity index (χ3n) is 1.88. The highest BCUT2D eigenvalue weighted by Gasteiger charge is 2.15. The SMILES string of the molecule is CNCCCCC(C)(O)NC. The molecule has 3 nitrogen and oxygen atoms in total. The standard InChI is InChI=1S/C8H20N2O/c1-8(11,10-3)6-4-5-7-9-2/h9-11H,4-7H2,1-3H3. The molecular weight excluding hydrogens is 140 g/mol. The third kappa shape index (κ3) is 6.28. The Morgan fingerprint density at radius 3 is 2.36 bits per heavy atom. The molecule has 0 bridgehead atoms. The molecule has 0 fully saturated rings. The lowest BCUT2D eigenvalue weighted by Gasteiger charge is -2.21. The number of nitrogens with one attached hydrogen (secondary N) is 2. The van der Waals surface area contributed by atoms with E-state index in [2.05, 4.69) is 10.6 Å². The van der Waals surface area contributed by atoms with Gasteiger partial charge in [-0.15, -0.1) is 0 Å². The average molecular weight is 160 g/mol. The largest absolute Gasteiger partial charge is 0.376 e. The van der Waals surface area contributed by atoms with Gasteiger partial charge in [-0.25, -0.2) is 0 Å². The van der Waals surface area contributed by atoms with Crippen molar-refractivity contribution in [2.75, 3.05) is 20.6 Å². The van der Waals surface area contributed by atoms with Crippen LogP contribution in [0.1, 0.15) is 26.2 Å². The molecule has 0 amide bonds. The van der Waals surface area contributed by atoms with E-state index in [9.17, 15) is 5.11 Å². The van der Waals surface area contributed by atoms with Crippen molar-refractivity contribution < 1.29 is 5.11 Å². The maximum absolute atomic E-state index is 9.49. The Labute approximate surface area is 69.2 Å². The zero-order valence-corrected chi connectivity index (χ0v) is 7.78. The Hall–Kier alpha value is -0.120. The van der Waals surface area contributed by atoms with Crippen LogP contribution in [0.15, 0.2) is 0 Å².